The molecule has 0 saturated carbocycles. The number of amides is 1. The first kappa shape index (κ1) is 26.7. The summed E-state index contributed by atoms with van der Waals surface area (Å²) in [5, 5.41) is 19.7. The van der Waals surface area contributed by atoms with Crippen LogP contribution in [0.2, 0.25) is 0 Å². The van der Waals surface area contributed by atoms with E-state index in [1.54, 1.807) is 23.1 Å². The molecule has 4 heterocycles. The molecular formula is C30H29FN6O4. The van der Waals surface area contributed by atoms with Crippen molar-refractivity contribution in [1.82, 2.24) is 19.9 Å². The number of carbonyl (C=O) groups excluding carboxylic acids is 1. The van der Waals surface area contributed by atoms with E-state index in [0.717, 1.165) is 10.9 Å². The van der Waals surface area contributed by atoms with Crippen molar-refractivity contribution in [3.8, 4) is 34.3 Å². The largest absolute Gasteiger partial charge is 0.489 e. The SMILES string of the molecule is N#Cc1cc(-c2ncnc3[nH]c(-c4ccc(N5CCOCC5)c(F)c4)cc23)ccc1OC1CCN(C(=O)CO)CC1. The first-order valence-electron chi connectivity index (χ1n) is 13.6. The van der Waals surface area contributed by atoms with Gasteiger partial charge in [0.15, 0.2) is 0 Å². The molecule has 0 atom stereocenters. The van der Waals surface area contributed by atoms with E-state index in [2.05, 4.69) is 21.0 Å². The van der Waals surface area contributed by atoms with Crippen LogP contribution in [-0.4, -0.2) is 83.0 Å². The van der Waals surface area contributed by atoms with Crippen molar-refractivity contribution in [2.45, 2.75) is 18.9 Å². The first-order valence-corrected chi connectivity index (χ1v) is 13.6. The topological polar surface area (TPSA) is 128 Å². The third-order valence-electron chi connectivity index (χ3n) is 7.63. The van der Waals surface area contributed by atoms with Crippen LogP contribution in [0.4, 0.5) is 10.1 Å². The van der Waals surface area contributed by atoms with Crippen LogP contribution in [0.25, 0.3) is 33.5 Å². The van der Waals surface area contributed by atoms with Gasteiger partial charge in [-0.2, -0.15) is 5.26 Å². The number of aromatic amines is 1. The summed E-state index contributed by atoms with van der Waals surface area (Å²) in [4.78, 5) is 27.5. The number of rotatable bonds is 6. The Morgan fingerprint density at radius 2 is 1.88 bits per heavy atom. The van der Waals surface area contributed by atoms with Gasteiger partial charge in [0.05, 0.1) is 30.2 Å². The van der Waals surface area contributed by atoms with Crippen molar-refractivity contribution in [1.29, 1.82) is 5.26 Å². The second-order valence-corrected chi connectivity index (χ2v) is 10.1. The number of nitrogens with zero attached hydrogens (tertiary/aromatic N) is 5. The van der Waals surface area contributed by atoms with E-state index in [4.69, 9.17) is 14.6 Å². The molecule has 2 aromatic heterocycles. The molecule has 4 aromatic rings. The fourth-order valence-corrected chi connectivity index (χ4v) is 5.43. The number of aliphatic hydroxyl groups is 1. The molecule has 0 radical (unpaired) electrons. The lowest BCUT2D eigenvalue weighted by molar-refractivity contribution is -0.135. The third kappa shape index (κ3) is 5.44. The molecule has 6 rings (SSSR count). The van der Waals surface area contributed by atoms with Crippen LogP contribution >= 0.6 is 0 Å². The Balaban J connectivity index is 1.24. The molecule has 0 unspecified atom stereocenters. The molecule has 41 heavy (non-hydrogen) atoms. The van der Waals surface area contributed by atoms with Crippen molar-refractivity contribution in [3.63, 3.8) is 0 Å². The quantitative estimate of drug-likeness (QED) is 0.370. The summed E-state index contributed by atoms with van der Waals surface area (Å²) >= 11 is 0. The second-order valence-electron chi connectivity index (χ2n) is 10.1. The number of hydrogen-bond donors (Lipinski definition) is 2. The van der Waals surface area contributed by atoms with Gasteiger partial charge in [-0.3, -0.25) is 4.79 Å². The van der Waals surface area contributed by atoms with Crippen molar-refractivity contribution in [2.24, 2.45) is 0 Å². The molecule has 2 N–H and O–H groups in total. The number of aliphatic hydroxyl groups excluding tert-OH is 1. The summed E-state index contributed by atoms with van der Waals surface area (Å²) in [6, 6.07) is 14.7. The number of nitrogens with one attached hydrogen (secondary N) is 1. The standard InChI is InChI=1S/C30H29FN6O4/c31-24-14-19(1-3-26(24)36-9-11-40-12-10-36)25-15-23-29(33-18-34-30(23)35-25)20-2-4-27(21(13-20)16-32)41-22-5-7-37(8-6-22)28(39)17-38/h1-4,13-15,18,22,38H,5-12,17H2,(H,33,34,35). The number of nitriles is 1. The van der Waals surface area contributed by atoms with E-state index < -0.39 is 6.61 Å². The monoisotopic (exact) mass is 556 g/mol. The lowest BCUT2D eigenvalue weighted by Crippen LogP contribution is -2.42. The number of anilines is 1. The fourth-order valence-electron chi connectivity index (χ4n) is 5.43. The predicted octanol–water partition coefficient (Wildman–Crippen LogP) is 3.50. The number of H-pyrrole nitrogens is 1. The average molecular weight is 557 g/mol. The number of benzene rings is 2. The van der Waals surface area contributed by atoms with E-state index in [0.29, 0.717) is 91.8 Å². The number of piperidine rings is 1. The maximum Gasteiger partial charge on any atom is 0.248 e. The molecular weight excluding hydrogens is 527 g/mol. The van der Waals surface area contributed by atoms with Crippen molar-refractivity contribution in [2.75, 3.05) is 50.9 Å². The summed E-state index contributed by atoms with van der Waals surface area (Å²) < 4.78 is 26.6. The zero-order chi connectivity index (χ0) is 28.3. The smallest absolute Gasteiger partial charge is 0.248 e. The molecule has 11 heteroatoms. The Kier molecular flexibility index (Phi) is 7.50. The lowest BCUT2D eigenvalue weighted by Gasteiger charge is -2.32. The van der Waals surface area contributed by atoms with Gasteiger partial charge in [-0.25, -0.2) is 14.4 Å². The zero-order valence-corrected chi connectivity index (χ0v) is 22.3. The van der Waals surface area contributed by atoms with Crippen LogP contribution < -0.4 is 9.64 Å². The Labute approximate surface area is 236 Å². The lowest BCUT2D eigenvalue weighted by atomic mass is 10.0. The maximum absolute atomic E-state index is 15.1. The number of aromatic nitrogens is 3. The number of likely N-dealkylation sites (tertiary alicyclic amines) is 1. The molecule has 2 aromatic carbocycles. The number of ether oxygens (including phenoxy) is 2. The van der Waals surface area contributed by atoms with Crippen molar-refractivity contribution < 1.29 is 23.8 Å². The highest BCUT2D eigenvalue weighted by Crippen LogP contribution is 2.34. The number of hydrogen-bond acceptors (Lipinski definition) is 8. The van der Waals surface area contributed by atoms with Gasteiger partial charge in [0.1, 0.15) is 42.3 Å². The van der Waals surface area contributed by atoms with Crippen molar-refractivity contribution >= 4 is 22.6 Å². The van der Waals surface area contributed by atoms with Crippen LogP contribution in [-0.2, 0) is 9.53 Å². The molecule has 2 aliphatic rings. The summed E-state index contributed by atoms with van der Waals surface area (Å²) in [7, 11) is 0. The van der Waals surface area contributed by atoms with E-state index in [1.807, 2.05) is 23.1 Å². The molecule has 210 valence electrons. The number of carbonyl (C=O) groups is 1. The Morgan fingerprint density at radius 1 is 1.10 bits per heavy atom. The maximum atomic E-state index is 15.1. The van der Waals surface area contributed by atoms with Crippen LogP contribution in [0, 0.1) is 17.1 Å². The molecule has 0 aliphatic carbocycles. The molecule has 2 aliphatic heterocycles. The number of morpholine rings is 1. The van der Waals surface area contributed by atoms with Crippen LogP contribution in [0.3, 0.4) is 0 Å². The van der Waals surface area contributed by atoms with Gasteiger partial charge < -0.3 is 29.4 Å². The summed E-state index contributed by atoms with van der Waals surface area (Å²) in [6.07, 6.45) is 2.55. The molecule has 0 bridgehead atoms. The molecule has 2 fully saturated rings. The Hall–Kier alpha value is -4.53. The minimum atomic E-state index is -0.497. The molecule has 1 amide bonds. The van der Waals surface area contributed by atoms with E-state index in [-0.39, 0.29) is 17.8 Å². The molecule has 2 saturated heterocycles. The van der Waals surface area contributed by atoms with Gasteiger partial charge in [-0.1, -0.05) is 6.07 Å². The van der Waals surface area contributed by atoms with E-state index in [9.17, 15) is 10.1 Å². The minimum absolute atomic E-state index is 0.135. The molecule has 10 nitrogen and oxygen atoms in total. The highest BCUT2D eigenvalue weighted by atomic mass is 19.1. The van der Waals surface area contributed by atoms with Gasteiger partial charge in [-0.15, -0.1) is 0 Å². The van der Waals surface area contributed by atoms with E-state index in [1.165, 1.54) is 12.4 Å². The predicted molar refractivity (Wildman–Crippen MR) is 150 cm³/mol. The Morgan fingerprint density at radius 3 is 2.61 bits per heavy atom. The fraction of sp³-hybridized carbons (Fsp3) is 0.333. The molecule has 0 spiro atoms. The normalized spacial score (nSPS) is 16.1. The number of halogens is 1. The first-order chi connectivity index (χ1) is 20.0. The van der Waals surface area contributed by atoms with Gasteiger partial charge in [0, 0.05) is 61.2 Å². The van der Waals surface area contributed by atoms with E-state index >= 15 is 4.39 Å². The van der Waals surface area contributed by atoms with Crippen LogP contribution in [0.1, 0.15) is 18.4 Å². The highest BCUT2D eigenvalue weighted by Gasteiger charge is 2.24. The highest BCUT2D eigenvalue weighted by molar-refractivity contribution is 5.94. The summed E-state index contributed by atoms with van der Waals surface area (Å²) in [5.41, 5.74) is 4.30. The third-order valence-corrected chi connectivity index (χ3v) is 7.63. The van der Waals surface area contributed by atoms with Crippen molar-refractivity contribution in [3.05, 3.63) is 60.2 Å². The summed E-state index contributed by atoms with van der Waals surface area (Å²) in [6.45, 7) is 2.97. The summed E-state index contributed by atoms with van der Waals surface area (Å²) in [5.74, 6) is -0.113. The van der Waals surface area contributed by atoms with Crippen LogP contribution in [0.5, 0.6) is 5.75 Å². The second kappa shape index (κ2) is 11.5. The zero-order valence-electron chi connectivity index (χ0n) is 22.3. The van der Waals surface area contributed by atoms with Crippen LogP contribution in [0.15, 0.2) is 48.8 Å². The minimum Gasteiger partial charge on any atom is -0.489 e. The average Bonchev–Trinajstić information content (AvgIpc) is 3.46. The van der Waals surface area contributed by atoms with Gasteiger partial charge in [0.25, 0.3) is 0 Å². The van der Waals surface area contributed by atoms with Gasteiger partial charge in [0.2, 0.25) is 5.91 Å². The van der Waals surface area contributed by atoms with Gasteiger partial charge in [-0.05, 0) is 36.4 Å². The Bertz CT molecular complexity index is 1620. The van der Waals surface area contributed by atoms with Gasteiger partial charge >= 0.3 is 0 Å². The number of fused-ring (bicyclic) bond motifs is 1.